The number of anilines is 1. The Morgan fingerprint density at radius 1 is 1.53 bits per heavy atom. The lowest BCUT2D eigenvalue weighted by atomic mass is 10.1. The molecule has 0 aliphatic carbocycles. The first kappa shape index (κ1) is 11.6. The number of carboxylic acids is 1. The first-order valence-electron chi connectivity index (χ1n) is 5.46. The molecule has 1 N–H and O–H groups in total. The van der Waals surface area contributed by atoms with E-state index < -0.39 is 11.9 Å². The van der Waals surface area contributed by atoms with Gasteiger partial charge in [0.2, 0.25) is 5.91 Å². The van der Waals surface area contributed by atoms with Gasteiger partial charge in [0.1, 0.15) is 0 Å². The van der Waals surface area contributed by atoms with Crippen molar-refractivity contribution in [3.8, 4) is 0 Å². The van der Waals surface area contributed by atoms with Crippen molar-refractivity contribution in [2.24, 2.45) is 5.92 Å². The molecule has 0 bridgehead atoms. The van der Waals surface area contributed by atoms with Gasteiger partial charge in [0.05, 0.1) is 5.92 Å². The predicted octanol–water partition coefficient (Wildman–Crippen LogP) is 1.14. The van der Waals surface area contributed by atoms with Crippen LogP contribution in [0.15, 0.2) is 12.3 Å². The number of aliphatic carboxylic acids is 1. The summed E-state index contributed by atoms with van der Waals surface area (Å²) in [5.74, 6) is -1.65. The molecule has 0 aromatic carbocycles. The molecule has 0 saturated carbocycles. The molecule has 17 heavy (non-hydrogen) atoms. The standard InChI is InChI=1S/C12H14N2O3/c1-7-8(2)13-4-3-10(7)14-6-9(12(16)17)5-11(14)15/h3-4,9H,5-6H2,1-2H3,(H,16,17). The van der Waals surface area contributed by atoms with E-state index in [0.29, 0.717) is 0 Å². The second-order valence-electron chi connectivity index (χ2n) is 4.28. The van der Waals surface area contributed by atoms with E-state index in [1.54, 1.807) is 17.2 Å². The number of carbonyl (C=O) groups is 2. The molecule has 0 radical (unpaired) electrons. The third-order valence-electron chi connectivity index (χ3n) is 3.19. The zero-order chi connectivity index (χ0) is 12.6. The number of aryl methyl sites for hydroxylation is 1. The minimum atomic E-state index is -0.913. The molecule has 1 aliphatic heterocycles. The molecule has 2 rings (SSSR count). The highest BCUT2D eigenvalue weighted by Gasteiger charge is 2.35. The molecule has 0 spiro atoms. The summed E-state index contributed by atoms with van der Waals surface area (Å²) in [6.07, 6.45) is 1.72. The van der Waals surface area contributed by atoms with E-state index in [1.807, 2.05) is 13.8 Å². The number of amides is 1. The Bertz CT molecular complexity index is 485. The number of aromatic nitrogens is 1. The van der Waals surface area contributed by atoms with E-state index in [1.165, 1.54) is 0 Å². The van der Waals surface area contributed by atoms with Gasteiger partial charge in [0, 0.05) is 30.5 Å². The van der Waals surface area contributed by atoms with Crippen molar-refractivity contribution < 1.29 is 14.7 Å². The van der Waals surface area contributed by atoms with Gasteiger partial charge in [-0.15, -0.1) is 0 Å². The minimum absolute atomic E-state index is 0.0795. The second-order valence-corrected chi connectivity index (χ2v) is 4.28. The Hall–Kier alpha value is -1.91. The van der Waals surface area contributed by atoms with Gasteiger partial charge < -0.3 is 10.0 Å². The van der Waals surface area contributed by atoms with Gasteiger partial charge in [-0.1, -0.05) is 0 Å². The van der Waals surface area contributed by atoms with Crippen molar-refractivity contribution in [1.29, 1.82) is 0 Å². The summed E-state index contributed by atoms with van der Waals surface area (Å²) in [4.78, 5) is 28.4. The lowest BCUT2D eigenvalue weighted by Gasteiger charge is -2.19. The maximum absolute atomic E-state index is 11.8. The first-order valence-corrected chi connectivity index (χ1v) is 5.46. The zero-order valence-electron chi connectivity index (χ0n) is 9.80. The molecule has 1 aromatic rings. The van der Waals surface area contributed by atoms with Crippen LogP contribution < -0.4 is 4.90 Å². The third-order valence-corrected chi connectivity index (χ3v) is 3.19. The summed E-state index contributed by atoms with van der Waals surface area (Å²) < 4.78 is 0. The third kappa shape index (κ3) is 2.00. The summed E-state index contributed by atoms with van der Waals surface area (Å²) in [5, 5.41) is 8.93. The van der Waals surface area contributed by atoms with Crippen LogP contribution in [-0.2, 0) is 9.59 Å². The Kier molecular flexibility index (Phi) is 2.83. The number of hydrogen-bond acceptors (Lipinski definition) is 3. The highest BCUT2D eigenvalue weighted by molar-refractivity contribution is 5.99. The number of carboxylic acid groups (broad SMARTS) is 1. The van der Waals surface area contributed by atoms with Crippen LogP contribution in [0, 0.1) is 19.8 Å². The zero-order valence-corrected chi connectivity index (χ0v) is 9.80. The van der Waals surface area contributed by atoms with E-state index in [0.717, 1.165) is 16.9 Å². The highest BCUT2D eigenvalue weighted by Crippen LogP contribution is 2.28. The molecule has 1 atom stereocenters. The Labute approximate surface area is 99.1 Å². The van der Waals surface area contributed by atoms with Gasteiger partial charge in [-0.2, -0.15) is 0 Å². The largest absolute Gasteiger partial charge is 0.481 e. The molecule has 1 unspecified atom stereocenters. The molecule has 1 aromatic heterocycles. The molecule has 90 valence electrons. The van der Waals surface area contributed by atoms with Crippen LogP contribution in [0.2, 0.25) is 0 Å². The van der Waals surface area contributed by atoms with Crippen LogP contribution in [0.5, 0.6) is 0 Å². The number of hydrogen-bond donors (Lipinski definition) is 1. The average molecular weight is 234 g/mol. The van der Waals surface area contributed by atoms with Crippen molar-refractivity contribution in [2.75, 3.05) is 11.4 Å². The van der Waals surface area contributed by atoms with Crippen LogP contribution >= 0.6 is 0 Å². The fraction of sp³-hybridized carbons (Fsp3) is 0.417. The summed E-state index contributed by atoms with van der Waals surface area (Å²) in [6.45, 7) is 4.01. The van der Waals surface area contributed by atoms with Crippen LogP contribution in [0.3, 0.4) is 0 Å². The van der Waals surface area contributed by atoms with Crippen molar-refractivity contribution in [3.63, 3.8) is 0 Å². The highest BCUT2D eigenvalue weighted by atomic mass is 16.4. The Morgan fingerprint density at radius 3 is 2.82 bits per heavy atom. The first-order chi connectivity index (χ1) is 8.00. The van der Waals surface area contributed by atoms with Crippen molar-refractivity contribution in [3.05, 3.63) is 23.5 Å². The summed E-state index contributed by atoms with van der Waals surface area (Å²) >= 11 is 0. The van der Waals surface area contributed by atoms with Crippen molar-refractivity contribution in [1.82, 2.24) is 4.98 Å². The monoisotopic (exact) mass is 234 g/mol. The molecule has 1 amide bonds. The van der Waals surface area contributed by atoms with Crippen LogP contribution in [0.4, 0.5) is 5.69 Å². The SMILES string of the molecule is Cc1nccc(N2CC(C(=O)O)CC2=O)c1C. The molecule has 5 nitrogen and oxygen atoms in total. The number of pyridine rings is 1. The molecule has 1 aliphatic rings. The normalized spacial score (nSPS) is 19.8. The topological polar surface area (TPSA) is 70.5 Å². The average Bonchev–Trinajstić information content (AvgIpc) is 2.65. The van der Waals surface area contributed by atoms with Crippen molar-refractivity contribution >= 4 is 17.6 Å². The number of rotatable bonds is 2. The Balaban J connectivity index is 2.32. The van der Waals surface area contributed by atoms with E-state index in [4.69, 9.17) is 5.11 Å². The van der Waals surface area contributed by atoms with Crippen LogP contribution in [-0.4, -0.2) is 28.5 Å². The fourth-order valence-corrected chi connectivity index (χ4v) is 2.03. The lowest BCUT2D eigenvalue weighted by Crippen LogP contribution is -2.26. The molecular weight excluding hydrogens is 220 g/mol. The minimum Gasteiger partial charge on any atom is -0.481 e. The lowest BCUT2D eigenvalue weighted by molar-refractivity contribution is -0.141. The molecule has 1 fully saturated rings. The second kappa shape index (κ2) is 4.16. The Morgan fingerprint density at radius 2 is 2.24 bits per heavy atom. The molecular formula is C12H14N2O3. The van der Waals surface area contributed by atoms with Gasteiger partial charge >= 0.3 is 5.97 Å². The maximum Gasteiger partial charge on any atom is 0.308 e. The predicted molar refractivity (Wildman–Crippen MR) is 61.8 cm³/mol. The van der Waals surface area contributed by atoms with E-state index in [9.17, 15) is 9.59 Å². The smallest absolute Gasteiger partial charge is 0.308 e. The van der Waals surface area contributed by atoms with Gasteiger partial charge in [-0.05, 0) is 25.5 Å². The number of carbonyl (C=O) groups excluding carboxylic acids is 1. The van der Waals surface area contributed by atoms with Gasteiger partial charge in [0.15, 0.2) is 0 Å². The van der Waals surface area contributed by atoms with E-state index >= 15 is 0 Å². The number of nitrogens with zero attached hydrogens (tertiary/aromatic N) is 2. The van der Waals surface area contributed by atoms with Crippen LogP contribution in [0.1, 0.15) is 17.7 Å². The fourth-order valence-electron chi connectivity index (χ4n) is 2.03. The molecule has 5 heteroatoms. The molecule has 1 saturated heterocycles. The quantitative estimate of drug-likeness (QED) is 0.832. The van der Waals surface area contributed by atoms with E-state index in [-0.39, 0.29) is 18.9 Å². The summed E-state index contributed by atoms with van der Waals surface area (Å²) in [6, 6.07) is 1.75. The van der Waals surface area contributed by atoms with Gasteiger partial charge in [0.25, 0.3) is 0 Å². The maximum atomic E-state index is 11.8. The van der Waals surface area contributed by atoms with E-state index in [2.05, 4.69) is 4.98 Å². The molecule has 2 heterocycles. The van der Waals surface area contributed by atoms with Gasteiger partial charge in [-0.25, -0.2) is 0 Å². The summed E-state index contributed by atoms with van der Waals surface area (Å²) in [5.41, 5.74) is 2.55. The van der Waals surface area contributed by atoms with Crippen LogP contribution in [0.25, 0.3) is 0 Å². The van der Waals surface area contributed by atoms with Gasteiger partial charge in [-0.3, -0.25) is 14.6 Å². The van der Waals surface area contributed by atoms with Crippen molar-refractivity contribution in [2.45, 2.75) is 20.3 Å². The summed E-state index contributed by atoms with van der Waals surface area (Å²) in [7, 11) is 0.